The second-order valence-corrected chi connectivity index (χ2v) is 4.47. The molecule has 0 atom stereocenters. The molecule has 5 nitrogen and oxygen atoms in total. The molecule has 1 N–H and O–H groups in total. The predicted molar refractivity (Wildman–Crippen MR) is 80.6 cm³/mol. The van der Waals surface area contributed by atoms with Gasteiger partial charge in [0.1, 0.15) is 11.5 Å². The highest BCUT2D eigenvalue weighted by Crippen LogP contribution is 2.27. The smallest absolute Gasteiger partial charge is 0.341 e. The maximum absolute atomic E-state index is 12.5. The molecule has 2 aromatic carbocycles. The summed E-state index contributed by atoms with van der Waals surface area (Å²) in [6, 6.07) is 13.5. The van der Waals surface area contributed by atoms with E-state index in [0.29, 0.717) is 23.5 Å². The Morgan fingerprint density at radius 3 is 2.41 bits per heavy atom. The number of rotatable bonds is 7. The van der Waals surface area contributed by atoms with Crippen LogP contribution in [-0.2, 0) is 4.79 Å². The topological polar surface area (TPSA) is 72.8 Å². The van der Waals surface area contributed by atoms with E-state index in [1.54, 1.807) is 36.4 Å². The Morgan fingerprint density at radius 2 is 1.77 bits per heavy atom. The van der Waals surface area contributed by atoms with E-state index in [4.69, 9.17) is 14.6 Å². The van der Waals surface area contributed by atoms with Crippen LogP contribution in [-0.4, -0.2) is 30.1 Å². The zero-order chi connectivity index (χ0) is 15.9. The SMILES string of the molecule is CCOc1ccc(C(=O)c2ccccc2)c(OCC(=O)O)c1. The predicted octanol–water partition coefficient (Wildman–Crippen LogP) is 2.78. The summed E-state index contributed by atoms with van der Waals surface area (Å²) in [5.41, 5.74) is 0.808. The Kier molecular flexibility index (Phi) is 5.14. The van der Waals surface area contributed by atoms with Crippen molar-refractivity contribution in [2.75, 3.05) is 13.2 Å². The van der Waals surface area contributed by atoms with Gasteiger partial charge >= 0.3 is 5.97 Å². The molecule has 0 saturated carbocycles. The average Bonchev–Trinajstić information content (AvgIpc) is 2.53. The minimum atomic E-state index is -1.11. The Morgan fingerprint density at radius 1 is 1.05 bits per heavy atom. The fourth-order valence-corrected chi connectivity index (χ4v) is 1.95. The van der Waals surface area contributed by atoms with Gasteiger partial charge in [-0.2, -0.15) is 0 Å². The van der Waals surface area contributed by atoms with E-state index in [1.165, 1.54) is 6.07 Å². The van der Waals surface area contributed by atoms with Gasteiger partial charge in [0.25, 0.3) is 0 Å². The van der Waals surface area contributed by atoms with Crippen molar-refractivity contribution < 1.29 is 24.2 Å². The molecule has 0 bridgehead atoms. The molecule has 0 fully saturated rings. The first-order valence-electron chi connectivity index (χ1n) is 6.83. The maximum Gasteiger partial charge on any atom is 0.341 e. The molecule has 2 rings (SSSR count). The molecule has 5 heteroatoms. The summed E-state index contributed by atoms with van der Waals surface area (Å²) in [7, 11) is 0. The van der Waals surface area contributed by atoms with Gasteiger partial charge in [-0.3, -0.25) is 4.79 Å². The molecule has 0 heterocycles. The van der Waals surface area contributed by atoms with Gasteiger partial charge in [-0.05, 0) is 19.1 Å². The average molecular weight is 300 g/mol. The summed E-state index contributed by atoms with van der Waals surface area (Å²) >= 11 is 0. The quantitative estimate of drug-likeness (QED) is 0.796. The molecule has 0 amide bonds. The molecule has 0 aliphatic rings. The van der Waals surface area contributed by atoms with Crippen molar-refractivity contribution in [3.63, 3.8) is 0 Å². The lowest BCUT2D eigenvalue weighted by Gasteiger charge is -2.12. The molecule has 0 saturated heterocycles. The zero-order valence-corrected chi connectivity index (χ0v) is 12.1. The molecule has 2 aromatic rings. The number of benzene rings is 2. The molecule has 0 aliphatic carbocycles. The van der Waals surface area contributed by atoms with Gasteiger partial charge in [0.15, 0.2) is 12.4 Å². The Hall–Kier alpha value is -2.82. The third-order valence-corrected chi connectivity index (χ3v) is 2.90. The summed E-state index contributed by atoms with van der Waals surface area (Å²) in [5.74, 6) is -0.626. The molecule has 0 unspecified atom stereocenters. The van der Waals surface area contributed by atoms with Gasteiger partial charge in [-0.25, -0.2) is 4.79 Å². The largest absolute Gasteiger partial charge is 0.494 e. The van der Waals surface area contributed by atoms with Crippen LogP contribution >= 0.6 is 0 Å². The van der Waals surface area contributed by atoms with E-state index in [9.17, 15) is 9.59 Å². The first-order chi connectivity index (χ1) is 10.6. The second-order valence-electron chi connectivity index (χ2n) is 4.47. The molecular weight excluding hydrogens is 284 g/mol. The molecule has 0 aromatic heterocycles. The van der Waals surface area contributed by atoms with Crippen LogP contribution in [0.2, 0.25) is 0 Å². The van der Waals surface area contributed by atoms with E-state index in [2.05, 4.69) is 0 Å². The van der Waals surface area contributed by atoms with Gasteiger partial charge in [0, 0.05) is 11.6 Å². The first-order valence-corrected chi connectivity index (χ1v) is 6.83. The minimum Gasteiger partial charge on any atom is -0.494 e. The van der Waals surface area contributed by atoms with Crippen LogP contribution in [0.4, 0.5) is 0 Å². The normalized spacial score (nSPS) is 10.0. The number of aliphatic carboxylic acids is 1. The van der Waals surface area contributed by atoms with Crippen molar-refractivity contribution in [3.8, 4) is 11.5 Å². The van der Waals surface area contributed by atoms with Crippen LogP contribution in [0.3, 0.4) is 0 Å². The van der Waals surface area contributed by atoms with Crippen molar-refractivity contribution >= 4 is 11.8 Å². The van der Waals surface area contributed by atoms with E-state index in [1.807, 2.05) is 13.0 Å². The van der Waals surface area contributed by atoms with Crippen LogP contribution < -0.4 is 9.47 Å². The third-order valence-electron chi connectivity index (χ3n) is 2.90. The summed E-state index contributed by atoms with van der Waals surface area (Å²) in [6.07, 6.45) is 0. The van der Waals surface area contributed by atoms with Gasteiger partial charge < -0.3 is 14.6 Å². The van der Waals surface area contributed by atoms with Crippen LogP contribution in [0, 0.1) is 0 Å². The van der Waals surface area contributed by atoms with Gasteiger partial charge in [-0.15, -0.1) is 0 Å². The highest BCUT2D eigenvalue weighted by Gasteiger charge is 2.16. The number of hydrogen-bond acceptors (Lipinski definition) is 4. The zero-order valence-electron chi connectivity index (χ0n) is 12.1. The molecule has 0 radical (unpaired) electrons. The van der Waals surface area contributed by atoms with Crippen molar-refractivity contribution in [3.05, 3.63) is 59.7 Å². The standard InChI is InChI=1S/C17H16O5/c1-2-21-13-8-9-14(15(10-13)22-11-16(18)19)17(20)12-6-4-3-5-7-12/h3-10H,2,11H2,1H3,(H,18,19). The van der Waals surface area contributed by atoms with Gasteiger partial charge in [0.05, 0.1) is 12.2 Å². The molecular formula is C17H16O5. The lowest BCUT2D eigenvalue weighted by atomic mass is 10.0. The van der Waals surface area contributed by atoms with Crippen molar-refractivity contribution in [1.82, 2.24) is 0 Å². The summed E-state index contributed by atoms with van der Waals surface area (Å²) in [6.45, 7) is 1.77. The summed E-state index contributed by atoms with van der Waals surface area (Å²) in [5, 5.41) is 8.75. The van der Waals surface area contributed by atoms with E-state index in [0.717, 1.165) is 0 Å². The van der Waals surface area contributed by atoms with E-state index < -0.39 is 12.6 Å². The monoisotopic (exact) mass is 300 g/mol. The van der Waals surface area contributed by atoms with Crippen molar-refractivity contribution in [1.29, 1.82) is 0 Å². The minimum absolute atomic E-state index is 0.196. The number of carbonyl (C=O) groups is 2. The van der Waals surface area contributed by atoms with E-state index in [-0.39, 0.29) is 11.5 Å². The summed E-state index contributed by atoms with van der Waals surface area (Å²) in [4.78, 5) is 23.2. The van der Waals surface area contributed by atoms with Crippen LogP contribution in [0.1, 0.15) is 22.8 Å². The van der Waals surface area contributed by atoms with E-state index >= 15 is 0 Å². The highest BCUT2D eigenvalue weighted by molar-refractivity contribution is 6.10. The molecule has 0 aliphatic heterocycles. The number of hydrogen-bond donors (Lipinski definition) is 1. The molecule has 114 valence electrons. The van der Waals surface area contributed by atoms with Crippen LogP contribution in [0.5, 0.6) is 11.5 Å². The second kappa shape index (κ2) is 7.26. The number of carboxylic acid groups (broad SMARTS) is 1. The Balaban J connectivity index is 2.36. The molecule has 0 spiro atoms. The van der Waals surface area contributed by atoms with Crippen LogP contribution in [0.15, 0.2) is 48.5 Å². The maximum atomic E-state index is 12.5. The fourth-order valence-electron chi connectivity index (χ4n) is 1.95. The Bertz CT molecular complexity index is 664. The lowest BCUT2D eigenvalue weighted by Crippen LogP contribution is -2.12. The lowest BCUT2D eigenvalue weighted by molar-refractivity contribution is -0.139. The van der Waals surface area contributed by atoms with Gasteiger partial charge in [0.2, 0.25) is 0 Å². The van der Waals surface area contributed by atoms with Gasteiger partial charge in [-0.1, -0.05) is 30.3 Å². The first kappa shape index (κ1) is 15.6. The number of carbonyl (C=O) groups excluding carboxylic acids is 1. The number of ether oxygens (including phenoxy) is 2. The fraction of sp³-hybridized carbons (Fsp3) is 0.176. The Labute approximate surface area is 128 Å². The van der Waals surface area contributed by atoms with Crippen molar-refractivity contribution in [2.24, 2.45) is 0 Å². The van der Waals surface area contributed by atoms with Crippen molar-refractivity contribution in [2.45, 2.75) is 6.92 Å². The third kappa shape index (κ3) is 3.85. The highest BCUT2D eigenvalue weighted by atomic mass is 16.5. The summed E-state index contributed by atoms with van der Waals surface area (Å²) < 4.78 is 10.6. The van der Waals surface area contributed by atoms with Crippen LogP contribution in [0.25, 0.3) is 0 Å². The number of carboxylic acids is 1. The molecule has 22 heavy (non-hydrogen) atoms. The number of ketones is 1.